The van der Waals surface area contributed by atoms with Gasteiger partial charge in [-0.3, -0.25) is 9.59 Å². The molecule has 1 fully saturated rings. The molecule has 0 bridgehead atoms. The molecule has 0 aromatic heterocycles. The van der Waals surface area contributed by atoms with Gasteiger partial charge in [0.1, 0.15) is 11.6 Å². The van der Waals surface area contributed by atoms with Crippen LogP contribution >= 0.6 is 0 Å². The van der Waals surface area contributed by atoms with Crippen molar-refractivity contribution in [2.45, 2.75) is 31.2 Å². The minimum Gasteiger partial charge on any atom is -0.347 e. The Morgan fingerprint density at radius 1 is 1.11 bits per heavy atom. The lowest BCUT2D eigenvalue weighted by atomic mass is 9.86. The van der Waals surface area contributed by atoms with Crippen molar-refractivity contribution in [3.63, 3.8) is 0 Å². The molecule has 0 saturated carbocycles. The van der Waals surface area contributed by atoms with Gasteiger partial charge in [-0.15, -0.1) is 0 Å². The van der Waals surface area contributed by atoms with E-state index in [9.17, 15) is 18.4 Å². The summed E-state index contributed by atoms with van der Waals surface area (Å²) < 4.78 is 27.7. The van der Waals surface area contributed by atoms with Gasteiger partial charge in [0.25, 0.3) is 5.91 Å². The highest BCUT2D eigenvalue weighted by Crippen LogP contribution is 2.28. The van der Waals surface area contributed by atoms with Crippen molar-refractivity contribution in [2.24, 2.45) is 0 Å². The fourth-order valence-electron chi connectivity index (χ4n) is 3.94. The number of fused-ring (bicyclic) bond motifs is 1. The molecule has 2 atom stereocenters. The van der Waals surface area contributed by atoms with Crippen molar-refractivity contribution in [2.75, 3.05) is 18.4 Å². The van der Waals surface area contributed by atoms with Crippen LogP contribution in [0.15, 0.2) is 36.4 Å². The van der Waals surface area contributed by atoms with Crippen molar-refractivity contribution < 1.29 is 18.4 Å². The van der Waals surface area contributed by atoms with Gasteiger partial charge in [0, 0.05) is 30.6 Å². The van der Waals surface area contributed by atoms with E-state index >= 15 is 0 Å². The molecule has 2 aromatic rings. The van der Waals surface area contributed by atoms with E-state index in [0.717, 1.165) is 24.1 Å². The molecule has 146 valence electrons. The number of aryl methyl sites for hydroxylation is 1. The molecule has 2 aliphatic heterocycles. The average Bonchev–Trinajstić information content (AvgIpc) is 2.68. The molecule has 2 aromatic carbocycles. The predicted molar refractivity (Wildman–Crippen MR) is 101 cm³/mol. The standard InChI is InChI=1S/C21H21F2N3O2/c22-14-4-1-12(2-5-14)15-7-8-24-11-19(15)26-21(28)16-9-13-3-6-20(27)25-18(13)10-17(16)23/h1-2,4-5,9-10,15,19,24H,3,6-8,11H2,(H,25,27)(H,26,28). The Balaban J connectivity index is 1.55. The van der Waals surface area contributed by atoms with Gasteiger partial charge in [0.2, 0.25) is 5.91 Å². The molecular formula is C21H21F2N3O2. The zero-order chi connectivity index (χ0) is 19.7. The Hall–Kier alpha value is -2.80. The Bertz CT molecular complexity index is 915. The maximum Gasteiger partial charge on any atom is 0.254 e. The number of hydrogen-bond acceptors (Lipinski definition) is 3. The highest BCUT2D eigenvalue weighted by molar-refractivity contribution is 5.98. The number of anilines is 1. The summed E-state index contributed by atoms with van der Waals surface area (Å²) in [4.78, 5) is 24.3. The highest BCUT2D eigenvalue weighted by Gasteiger charge is 2.29. The number of nitrogens with one attached hydrogen (secondary N) is 3. The van der Waals surface area contributed by atoms with Gasteiger partial charge in [0.05, 0.1) is 5.56 Å². The highest BCUT2D eigenvalue weighted by atomic mass is 19.1. The minimum atomic E-state index is -0.666. The van der Waals surface area contributed by atoms with Crippen LogP contribution in [0.3, 0.4) is 0 Å². The first-order chi connectivity index (χ1) is 13.5. The third-order valence-electron chi connectivity index (χ3n) is 5.43. The smallest absolute Gasteiger partial charge is 0.254 e. The van der Waals surface area contributed by atoms with Gasteiger partial charge in [-0.05, 0) is 54.8 Å². The Morgan fingerprint density at radius 3 is 2.68 bits per heavy atom. The Labute approximate surface area is 161 Å². The molecule has 2 aliphatic rings. The molecule has 2 heterocycles. The number of rotatable bonds is 3. The number of halogens is 2. The SMILES string of the molecule is O=C1CCc2cc(C(=O)NC3CNCCC3c3ccc(F)cc3)c(F)cc2N1. The van der Waals surface area contributed by atoms with Crippen molar-refractivity contribution >= 4 is 17.5 Å². The number of carbonyl (C=O) groups is 2. The van der Waals surface area contributed by atoms with E-state index in [1.54, 1.807) is 12.1 Å². The molecule has 0 aliphatic carbocycles. The third kappa shape index (κ3) is 3.75. The second kappa shape index (κ2) is 7.67. The number of carbonyl (C=O) groups excluding carboxylic acids is 2. The molecule has 7 heteroatoms. The van der Waals surface area contributed by atoms with Crippen LogP contribution in [0.5, 0.6) is 0 Å². The molecule has 4 rings (SSSR count). The number of hydrogen-bond donors (Lipinski definition) is 3. The molecule has 2 unspecified atom stereocenters. The molecule has 0 spiro atoms. The third-order valence-corrected chi connectivity index (χ3v) is 5.43. The van der Waals surface area contributed by atoms with Crippen molar-refractivity contribution in [1.29, 1.82) is 0 Å². The Kier molecular flexibility index (Phi) is 5.09. The fraction of sp³-hybridized carbons (Fsp3) is 0.333. The topological polar surface area (TPSA) is 70.2 Å². The van der Waals surface area contributed by atoms with E-state index in [2.05, 4.69) is 16.0 Å². The normalized spacial score (nSPS) is 21.6. The summed E-state index contributed by atoms with van der Waals surface area (Å²) in [7, 11) is 0. The molecule has 3 N–H and O–H groups in total. The Morgan fingerprint density at radius 2 is 1.89 bits per heavy atom. The van der Waals surface area contributed by atoms with Crippen LogP contribution in [-0.4, -0.2) is 30.9 Å². The van der Waals surface area contributed by atoms with Crippen LogP contribution in [0, 0.1) is 11.6 Å². The summed E-state index contributed by atoms with van der Waals surface area (Å²) in [5.74, 6) is -1.59. The molecule has 5 nitrogen and oxygen atoms in total. The lowest BCUT2D eigenvalue weighted by molar-refractivity contribution is -0.116. The summed E-state index contributed by atoms with van der Waals surface area (Å²) in [6, 6.07) is 8.77. The van der Waals surface area contributed by atoms with Gasteiger partial charge in [-0.1, -0.05) is 12.1 Å². The quantitative estimate of drug-likeness (QED) is 0.761. The summed E-state index contributed by atoms with van der Waals surface area (Å²) in [5.41, 5.74) is 2.09. The van der Waals surface area contributed by atoms with Crippen LogP contribution in [0.4, 0.5) is 14.5 Å². The van der Waals surface area contributed by atoms with E-state index in [1.165, 1.54) is 24.3 Å². The molecular weight excluding hydrogens is 364 g/mol. The van der Waals surface area contributed by atoms with E-state index in [-0.39, 0.29) is 29.2 Å². The van der Waals surface area contributed by atoms with Crippen LogP contribution in [0.2, 0.25) is 0 Å². The first-order valence-electron chi connectivity index (χ1n) is 9.40. The van der Waals surface area contributed by atoms with Crippen LogP contribution in [-0.2, 0) is 11.2 Å². The van der Waals surface area contributed by atoms with Crippen LogP contribution < -0.4 is 16.0 Å². The van der Waals surface area contributed by atoms with Crippen LogP contribution in [0.1, 0.15) is 40.2 Å². The van der Waals surface area contributed by atoms with Crippen molar-refractivity contribution in [3.05, 3.63) is 64.7 Å². The second-order valence-corrected chi connectivity index (χ2v) is 7.27. The molecule has 0 radical (unpaired) electrons. The zero-order valence-electron chi connectivity index (χ0n) is 15.2. The van der Waals surface area contributed by atoms with Gasteiger partial charge in [-0.2, -0.15) is 0 Å². The van der Waals surface area contributed by atoms with Crippen molar-refractivity contribution in [1.82, 2.24) is 10.6 Å². The largest absolute Gasteiger partial charge is 0.347 e. The first kappa shape index (κ1) is 18.6. The van der Waals surface area contributed by atoms with E-state index in [1.807, 2.05) is 0 Å². The maximum atomic E-state index is 14.5. The second-order valence-electron chi connectivity index (χ2n) is 7.27. The predicted octanol–water partition coefficient (Wildman–Crippen LogP) is 2.73. The van der Waals surface area contributed by atoms with E-state index in [4.69, 9.17) is 0 Å². The van der Waals surface area contributed by atoms with E-state index < -0.39 is 11.7 Å². The summed E-state index contributed by atoms with van der Waals surface area (Å²) in [5, 5.41) is 8.80. The molecule has 28 heavy (non-hydrogen) atoms. The van der Waals surface area contributed by atoms with Gasteiger partial charge >= 0.3 is 0 Å². The monoisotopic (exact) mass is 385 g/mol. The lowest BCUT2D eigenvalue weighted by Gasteiger charge is -2.33. The lowest BCUT2D eigenvalue weighted by Crippen LogP contribution is -2.50. The average molecular weight is 385 g/mol. The molecule has 2 amide bonds. The number of piperidine rings is 1. The van der Waals surface area contributed by atoms with Crippen molar-refractivity contribution in [3.8, 4) is 0 Å². The first-order valence-corrected chi connectivity index (χ1v) is 9.40. The minimum absolute atomic E-state index is 0.0192. The van der Waals surface area contributed by atoms with E-state index in [0.29, 0.717) is 25.1 Å². The fourth-order valence-corrected chi connectivity index (χ4v) is 3.94. The van der Waals surface area contributed by atoms with Gasteiger partial charge < -0.3 is 16.0 Å². The maximum absolute atomic E-state index is 14.5. The number of amides is 2. The van der Waals surface area contributed by atoms with Crippen LogP contribution in [0.25, 0.3) is 0 Å². The summed E-state index contributed by atoms with van der Waals surface area (Å²) in [6.45, 7) is 1.34. The molecule has 1 saturated heterocycles. The van der Waals surface area contributed by atoms with Gasteiger partial charge in [-0.25, -0.2) is 8.78 Å². The zero-order valence-corrected chi connectivity index (χ0v) is 15.2. The number of benzene rings is 2. The summed E-state index contributed by atoms with van der Waals surface area (Å²) in [6.07, 6.45) is 1.58. The van der Waals surface area contributed by atoms with Gasteiger partial charge in [0.15, 0.2) is 0 Å². The summed E-state index contributed by atoms with van der Waals surface area (Å²) >= 11 is 0.